The second kappa shape index (κ2) is 4.96. The Balaban J connectivity index is 1.95. The number of halogens is 1. The number of hydrogen-bond donors (Lipinski definition) is 0. The van der Waals surface area contributed by atoms with Crippen LogP contribution in [0.4, 0.5) is 0 Å². The van der Waals surface area contributed by atoms with E-state index in [1.54, 1.807) is 23.1 Å². The van der Waals surface area contributed by atoms with Crippen LogP contribution in [-0.4, -0.2) is 4.98 Å². The molecule has 0 aliphatic carbocycles. The summed E-state index contributed by atoms with van der Waals surface area (Å²) in [6.45, 7) is 0. The Kier molecular flexibility index (Phi) is 3.61. The van der Waals surface area contributed by atoms with Crippen LogP contribution in [0.5, 0.6) is 0 Å². The van der Waals surface area contributed by atoms with E-state index < -0.39 is 0 Å². The smallest absolute Gasteiger partial charge is 0.151 e. The van der Waals surface area contributed by atoms with Crippen LogP contribution in [0, 0.1) is 0 Å². The summed E-state index contributed by atoms with van der Waals surface area (Å²) in [5, 5.41) is 2.01. The molecular weight excluding hydrogens is 278 g/mol. The molecule has 0 saturated heterocycles. The molecule has 0 radical (unpaired) electrons. The van der Waals surface area contributed by atoms with Gasteiger partial charge in [-0.3, -0.25) is 0 Å². The van der Waals surface area contributed by atoms with Crippen molar-refractivity contribution in [2.45, 2.75) is 10.1 Å². The topological polar surface area (TPSA) is 12.9 Å². The SMILES string of the molecule is Brc1csc(SCc2ccccc2)n1. The van der Waals surface area contributed by atoms with Crippen LogP contribution in [0.15, 0.2) is 44.7 Å². The molecule has 1 aromatic carbocycles. The molecule has 0 N–H and O–H groups in total. The lowest BCUT2D eigenvalue weighted by atomic mass is 10.2. The van der Waals surface area contributed by atoms with Gasteiger partial charge in [0.1, 0.15) is 4.60 Å². The highest BCUT2D eigenvalue weighted by Gasteiger charge is 2.00. The lowest BCUT2D eigenvalue weighted by Gasteiger charge is -1.97. The minimum Gasteiger partial charge on any atom is -0.223 e. The standard InChI is InChI=1S/C10H8BrNS2/c11-9-7-14-10(12-9)13-6-8-4-2-1-3-5-8/h1-5,7H,6H2. The van der Waals surface area contributed by atoms with Crippen molar-refractivity contribution in [3.8, 4) is 0 Å². The van der Waals surface area contributed by atoms with Crippen LogP contribution in [-0.2, 0) is 5.75 Å². The molecular formula is C10H8BrNS2. The number of rotatable bonds is 3. The van der Waals surface area contributed by atoms with Gasteiger partial charge >= 0.3 is 0 Å². The Bertz CT molecular complexity index is 400. The number of aromatic nitrogens is 1. The van der Waals surface area contributed by atoms with Gasteiger partial charge in [0.2, 0.25) is 0 Å². The number of benzene rings is 1. The third-order valence-electron chi connectivity index (χ3n) is 1.66. The first-order valence-corrected chi connectivity index (χ1v) is 6.78. The predicted octanol–water partition coefficient (Wildman–Crippen LogP) is 4.20. The Morgan fingerprint density at radius 1 is 1.29 bits per heavy atom. The highest BCUT2D eigenvalue weighted by atomic mass is 79.9. The van der Waals surface area contributed by atoms with Gasteiger partial charge in [0.15, 0.2) is 4.34 Å². The lowest BCUT2D eigenvalue weighted by molar-refractivity contribution is 1.21. The minimum atomic E-state index is 0.929. The first-order valence-electron chi connectivity index (χ1n) is 4.12. The van der Waals surface area contributed by atoms with Gasteiger partial charge in [0, 0.05) is 11.1 Å². The van der Waals surface area contributed by atoms with Gasteiger partial charge in [0.25, 0.3) is 0 Å². The molecule has 4 heteroatoms. The van der Waals surface area contributed by atoms with Gasteiger partial charge in [-0.15, -0.1) is 11.3 Å². The second-order valence-electron chi connectivity index (χ2n) is 2.71. The van der Waals surface area contributed by atoms with Crippen LogP contribution in [0.1, 0.15) is 5.56 Å². The third kappa shape index (κ3) is 2.83. The predicted molar refractivity (Wildman–Crippen MR) is 65.8 cm³/mol. The first kappa shape index (κ1) is 10.2. The maximum atomic E-state index is 4.32. The summed E-state index contributed by atoms with van der Waals surface area (Å²) in [4.78, 5) is 4.32. The van der Waals surface area contributed by atoms with E-state index in [1.807, 2.05) is 11.4 Å². The molecule has 0 aliphatic rings. The lowest BCUT2D eigenvalue weighted by Crippen LogP contribution is -1.78. The van der Waals surface area contributed by atoms with Crippen molar-refractivity contribution in [1.29, 1.82) is 0 Å². The summed E-state index contributed by atoms with van der Waals surface area (Å²) in [6.07, 6.45) is 0. The molecule has 0 spiro atoms. The zero-order valence-corrected chi connectivity index (χ0v) is 10.5. The van der Waals surface area contributed by atoms with Gasteiger partial charge < -0.3 is 0 Å². The zero-order chi connectivity index (χ0) is 9.80. The van der Waals surface area contributed by atoms with Gasteiger partial charge in [0.05, 0.1) is 0 Å². The zero-order valence-electron chi connectivity index (χ0n) is 7.31. The van der Waals surface area contributed by atoms with Crippen molar-refractivity contribution in [3.63, 3.8) is 0 Å². The van der Waals surface area contributed by atoms with Crippen molar-refractivity contribution in [1.82, 2.24) is 4.98 Å². The van der Waals surface area contributed by atoms with Crippen molar-refractivity contribution in [2.75, 3.05) is 0 Å². The summed E-state index contributed by atoms with van der Waals surface area (Å²) >= 11 is 6.79. The molecule has 72 valence electrons. The summed E-state index contributed by atoms with van der Waals surface area (Å²) in [6, 6.07) is 10.4. The average molecular weight is 286 g/mol. The van der Waals surface area contributed by atoms with E-state index >= 15 is 0 Å². The van der Waals surface area contributed by atoms with E-state index in [4.69, 9.17) is 0 Å². The Labute approximate surface area is 99.7 Å². The molecule has 2 aromatic rings. The summed E-state index contributed by atoms with van der Waals surface area (Å²) in [7, 11) is 0. The highest BCUT2D eigenvalue weighted by molar-refractivity contribution is 9.10. The normalized spacial score (nSPS) is 10.4. The fourth-order valence-electron chi connectivity index (χ4n) is 1.02. The summed E-state index contributed by atoms with van der Waals surface area (Å²) in [5.74, 6) is 0.987. The summed E-state index contributed by atoms with van der Waals surface area (Å²) < 4.78 is 2.04. The van der Waals surface area contributed by atoms with Crippen molar-refractivity contribution >= 4 is 39.0 Å². The molecule has 0 unspecified atom stereocenters. The Morgan fingerprint density at radius 2 is 2.07 bits per heavy atom. The molecule has 1 aromatic heterocycles. The number of thioether (sulfide) groups is 1. The highest BCUT2D eigenvalue weighted by Crippen LogP contribution is 2.27. The molecule has 0 aliphatic heterocycles. The van der Waals surface area contributed by atoms with Gasteiger partial charge in [-0.1, -0.05) is 42.1 Å². The second-order valence-corrected chi connectivity index (χ2v) is 5.60. The molecule has 1 heterocycles. The van der Waals surface area contributed by atoms with Gasteiger partial charge in [-0.25, -0.2) is 4.98 Å². The molecule has 0 atom stereocenters. The van der Waals surface area contributed by atoms with Crippen LogP contribution in [0.2, 0.25) is 0 Å². The van der Waals surface area contributed by atoms with Crippen LogP contribution < -0.4 is 0 Å². The molecule has 0 saturated carbocycles. The average Bonchev–Trinajstić information content (AvgIpc) is 2.63. The quantitative estimate of drug-likeness (QED) is 0.784. The Hall–Kier alpha value is -0.320. The molecule has 0 bridgehead atoms. The van der Waals surface area contributed by atoms with E-state index in [1.165, 1.54) is 5.56 Å². The third-order valence-corrected chi connectivity index (χ3v) is 4.46. The van der Waals surface area contributed by atoms with Crippen molar-refractivity contribution < 1.29 is 0 Å². The monoisotopic (exact) mass is 285 g/mol. The van der Waals surface area contributed by atoms with Crippen LogP contribution in [0.25, 0.3) is 0 Å². The fourth-order valence-corrected chi connectivity index (χ4v) is 3.36. The van der Waals surface area contributed by atoms with E-state index in [2.05, 4.69) is 45.2 Å². The first-order chi connectivity index (χ1) is 6.84. The largest absolute Gasteiger partial charge is 0.223 e. The van der Waals surface area contributed by atoms with Crippen LogP contribution in [0.3, 0.4) is 0 Å². The molecule has 1 nitrogen and oxygen atoms in total. The molecule has 14 heavy (non-hydrogen) atoms. The van der Waals surface area contributed by atoms with Gasteiger partial charge in [-0.05, 0) is 21.5 Å². The van der Waals surface area contributed by atoms with E-state index in [0.717, 1.165) is 14.7 Å². The van der Waals surface area contributed by atoms with Crippen molar-refractivity contribution in [3.05, 3.63) is 45.9 Å². The molecule has 2 rings (SSSR count). The molecule has 0 amide bonds. The maximum absolute atomic E-state index is 4.32. The van der Waals surface area contributed by atoms with Gasteiger partial charge in [-0.2, -0.15) is 0 Å². The summed E-state index contributed by atoms with van der Waals surface area (Å²) in [5.41, 5.74) is 1.34. The fraction of sp³-hybridized carbons (Fsp3) is 0.100. The van der Waals surface area contributed by atoms with E-state index in [0.29, 0.717) is 0 Å². The number of nitrogens with zero attached hydrogens (tertiary/aromatic N) is 1. The number of thiazole rings is 1. The Morgan fingerprint density at radius 3 is 2.71 bits per heavy atom. The number of hydrogen-bond acceptors (Lipinski definition) is 3. The van der Waals surface area contributed by atoms with E-state index in [-0.39, 0.29) is 0 Å². The van der Waals surface area contributed by atoms with E-state index in [9.17, 15) is 0 Å². The maximum Gasteiger partial charge on any atom is 0.151 e. The van der Waals surface area contributed by atoms with Crippen LogP contribution >= 0.6 is 39.0 Å². The van der Waals surface area contributed by atoms with Crippen molar-refractivity contribution in [2.24, 2.45) is 0 Å². The minimum absolute atomic E-state index is 0.929. The molecule has 0 fully saturated rings.